The Bertz CT molecular complexity index is 1070. The molecule has 3 aromatic carbocycles. The number of benzene rings is 3. The summed E-state index contributed by atoms with van der Waals surface area (Å²) < 4.78 is 20.1. The molecule has 0 radical (unpaired) electrons. The zero-order chi connectivity index (χ0) is 21.1. The van der Waals surface area contributed by atoms with Crippen molar-refractivity contribution in [1.29, 1.82) is 0 Å². The monoisotopic (exact) mass is 424 g/mol. The normalized spacial score (nSPS) is 18.7. The summed E-state index contributed by atoms with van der Waals surface area (Å²) in [6, 6.07) is 19.1. The molecule has 2 atom stereocenters. The lowest BCUT2D eigenvalue weighted by Crippen LogP contribution is -2.33. The summed E-state index contributed by atoms with van der Waals surface area (Å²) >= 11 is 6.04. The Kier molecular flexibility index (Phi) is 6.02. The number of para-hydroxylation sites is 1. The van der Waals surface area contributed by atoms with Gasteiger partial charge >= 0.3 is 0 Å². The van der Waals surface area contributed by atoms with Crippen LogP contribution in [0.25, 0.3) is 0 Å². The van der Waals surface area contributed by atoms with Crippen molar-refractivity contribution >= 4 is 17.3 Å². The van der Waals surface area contributed by atoms with Crippen LogP contribution in [0.3, 0.4) is 0 Å². The minimum atomic E-state index is -0.592. The van der Waals surface area contributed by atoms with Crippen LogP contribution in [0.2, 0.25) is 5.02 Å². The molecule has 0 amide bonds. The highest BCUT2D eigenvalue weighted by atomic mass is 35.5. The van der Waals surface area contributed by atoms with Crippen LogP contribution in [0.15, 0.2) is 71.7 Å². The molecule has 4 rings (SSSR count). The van der Waals surface area contributed by atoms with Gasteiger partial charge in [-0.3, -0.25) is 10.3 Å². The van der Waals surface area contributed by atoms with E-state index in [1.807, 2.05) is 43.3 Å². The highest BCUT2D eigenvalue weighted by Gasteiger charge is 2.29. The van der Waals surface area contributed by atoms with Gasteiger partial charge in [0.05, 0.1) is 6.61 Å². The molecule has 0 saturated carbocycles. The van der Waals surface area contributed by atoms with Crippen molar-refractivity contribution < 1.29 is 14.2 Å². The zero-order valence-electron chi connectivity index (χ0n) is 16.5. The molecule has 2 N–H and O–H groups in total. The Hall–Kier alpha value is -2.89. The molecule has 0 spiro atoms. The number of halogens is 2. The topological polar surface area (TPSA) is 53.8 Å². The molecule has 0 aliphatic carbocycles. The lowest BCUT2D eigenvalue weighted by Gasteiger charge is -2.31. The van der Waals surface area contributed by atoms with E-state index in [0.29, 0.717) is 34.9 Å². The van der Waals surface area contributed by atoms with Gasteiger partial charge < -0.3 is 9.84 Å². The minimum absolute atomic E-state index is 0.0847. The third kappa shape index (κ3) is 4.18. The second kappa shape index (κ2) is 8.86. The van der Waals surface area contributed by atoms with Crippen LogP contribution in [0, 0.1) is 5.82 Å². The fourth-order valence-corrected chi connectivity index (χ4v) is 3.80. The van der Waals surface area contributed by atoms with Crippen LogP contribution in [0.1, 0.15) is 42.2 Å². The van der Waals surface area contributed by atoms with Crippen molar-refractivity contribution in [2.24, 2.45) is 4.99 Å². The molecular weight excluding hydrogens is 403 g/mol. The van der Waals surface area contributed by atoms with Gasteiger partial charge in [-0.15, -0.1) is 0 Å². The maximum atomic E-state index is 14.5. The molecule has 2 unspecified atom stereocenters. The van der Waals surface area contributed by atoms with Crippen molar-refractivity contribution in [1.82, 2.24) is 5.32 Å². The number of ether oxygens (including phenoxy) is 1. The van der Waals surface area contributed by atoms with Crippen LogP contribution in [0.5, 0.6) is 11.5 Å². The fraction of sp³-hybridized carbons (Fsp3) is 0.208. The molecule has 1 aliphatic rings. The fourth-order valence-electron chi connectivity index (χ4n) is 3.67. The molecule has 6 heteroatoms. The van der Waals surface area contributed by atoms with Crippen LogP contribution >= 0.6 is 11.6 Å². The summed E-state index contributed by atoms with van der Waals surface area (Å²) in [4.78, 5) is 4.79. The molecule has 0 fully saturated rings. The third-order valence-corrected chi connectivity index (χ3v) is 5.38. The molecule has 3 aromatic rings. The molecule has 30 heavy (non-hydrogen) atoms. The number of aliphatic imine (C=N–C) groups is 1. The molecule has 1 heterocycles. The maximum absolute atomic E-state index is 14.5. The number of hydrogen-bond acceptors (Lipinski definition) is 4. The SMILES string of the molecule is CCOc1cccc(C2CC(c3ccc(Cl)cc3)=NC(c3ccccc3F)N2)c1O. The zero-order valence-corrected chi connectivity index (χ0v) is 17.2. The Balaban J connectivity index is 1.77. The van der Waals surface area contributed by atoms with Crippen LogP contribution in [-0.2, 0) is 0 Å². The first kappa shape index (κ1) is 20.4. The minimum Gasteiger partial charge on any atom is -0.504 e. The van der Waals surface area contributed by atoms with Crippen molar-refractivity contribution in [2.45, 2.75) is 25.6 Å². The smallest absolute Gasteiger partial charge is 0.162 e. The number of aromatic hydroxyl groups is 1. The predicted molar refractivity (Wildman–Crippen MR) is 117 cm³/mol. The Morgan fingerprint density at radius 2 is 1.80 bits per heavy atom. The van der Waals surface area contributed by atoms with Crippen LogP contribution in [-0.4, -0.2) is 17.4 Å². The number of phenolic OH excluding ortho intramolecular Hbond substituents is 1. The standard InChI is InChI=1S/C24H22ClFN2O2/c1-2-30-22-9-5-7-18(23(22)29)21-14-20(15-10-12-16(25)13-11-15)27-24(28-21)17-6-3-4-8-19(17)26/h3-13,21,24,28-29H,2,14H2,1H3. The lowest BCUT2D eigenvalue weighted by atomic mass is 9.93. The first-order chi connectivity index (χ1) is 14.6. The molecule has 4 nitrogen and oxygen atoms in total. The second-order valence-corrected chi connectivity index (χ2v) is 7.49. The first-order valence-corrected chi connectivity index (χ1v) is 10.2. The average Bonchev–Trinajstić information content (AvgIpc) is 2.76. The van der Waals surface area contributed by atoms with Gasteiger partial charge in [0.1, 0.15) is 12.0 Å². The van der Waals surface area contributed by atoms with Crippen LogP contribution < -0.4 is 10.1 Å². The first-order valence-electron chi connectivity index (χ1n) is 9.84. The number of nitrogens with one attached hydrogen (secondary N) is 1. The van der Waals surface area contributed by atoms with Crippen molar-refractivity contribution in [2.75, 3.05) is 6.61 Å². The van der Waals surface area contributed by atoms with Crippen LogP contribution in [0.4, 0.5) is 4.39 Å². The van der Waals surface area contributed by atoms with E-state index in [0.717, 1.165) is 11.3 Å². The van der Waals surface area contributed by atoms with Gasteiger partial charge in [0.15, 0.2) is 11.5 Å². The second-order valence-electron chi connectivity index (χ2n) is 7.06. The summed E-state index contributed by atoms with van der Waals surface area (Å²) in [6.07, 6.45) is -0.0683. The molecule has 154 valence electrons. The van der Waals surface area contributed by atoms with Gasteiger partial charge in [-0.05, 0) is 36.8 Å². The number of hydrogen-bond donors (Lipinski definition) is 2. The Morgan fingerprint density at radius 1 is 1.07 bits per heavy atom. The third-order valence-electron chi connectivity index (χ3n) is 5.12. The van der Waals surface area contributed by atoms with Gasteiger partial charge in [-0.25, -0.2) is 4.39 Å². The van der Waals surface area contributed by atoms with Gasteiger partial charge in [-0.2, -0.15) is 0 Å². The van der Waals surface area contributed by atoms with E-state index in [1.165, 1.54) is 6.07 Å². The van der Waals surface area contributed by atoms with E-state index in [9.17, 15) is 9.50 Å². The number of rotatable bonds is 5. The molecule has 0 aromatic heterocycles. The van der Waals surface area contributed by atoms with Gasteiger partial charge in [-0.1, -0.05) is 54.1 Å². The summed E-state index contributed by atoms with van der Waals surface area (Å²) in [5.74, 6) is 0.179. The van der Waals surface area contributed by atoms with Gasteiger partial charge in [0.25, 0.3) is 0 Å². The molecule has 0 bridgehead atoms. The number of nitrogens with zero attached hydrogens (tertiary/aromatic N) is 1. The van der Waals surface area contributed by atoms with E-state index in [-0.39, 0.29) is 17.6 Å². The maximum Gasteiger partial charge on any atom is 0.162 e. The summed E-state index contributed by atoms with van der Waals surface area (Å²) in [5, 5.41) is 14.8. The van der Waals surface area contributed by atoms with E-state index in [2.05, 4.69) is 5.32 Å². The predicted octanol–water partition coefficient (Wildman–Crippen LogP) is 5.81. The van der Waals surface area contributed by atoms with Crippen molar-refractivity contribution in [3.05, 3.63) is 94.3 Å². The molecular formula is C24H22ClFN2O2. The average molecular weight is 425 g/mol. The van der Waals surface area contributed by atoms with E-state index in [4.69, 9.17) is 21.3 Å². The molecule has 0 saturated heterocycles. The Labute approximate surface area is 180 Å². The lowest BCUT2D eigenvalue weighted by molar-refractivity contribution is 0.313. The highest BCUT2D eigenvalue weighted by molar-refractivity contribution is 6.30. The largest absolute Gasteiger partial charge is 0.504 e. The number of phenols is 1. The quantitative estimate of drug-likeness (QED) is 0.543. The molecule has 1 aliphatic heterocycles. The van der Waals surface area contributed by atoms with Gasteiger partial charge in [0, 0.05) is 34.3 Å². The van der Waals surface area contributed by atoms with E-state index >= 15 is 0 Å². The van der Waals surface area contributed by atoms with E-state index in [1.54, 1.807) is 24.3 Å². The Morgan fingerprint density at radius 3 is 2.53 bits per heavy atom. The summed E-state index contributed by atoms with van der Waals surface area (Å²) in [7, 11) is 0. The highest BCUT2D eigenvalue weighted by Crippen LogP contribution is 2.39. The van der Waals surface area contributed by atoms with Crippen molar-refractivity contribution in [3.8, 4) is 11.5 Å². The summed E-state index contributed by atoms with van der Waals surface area (Å²) in [6.45, 7) is 2.31. The summed E-state index contributed by atoms with van der Waals surface area (Å²) in [5.41, 5.74) is 2.86. The van der Waals surface area contributed by atoms with Crippen molar-refractivity contribution in [3.63, 3.8) is 0 Å². The van der Waals surface area contributed by atoms with Gasteiger partial charge in [0.2, 0.25) is 0 Å². The van der Waals surface area contributed by atoms with E-state index < -0.39 is 6.17 Å².